The monoisotopic (exact) mass is 481 g/mol. The van der Waals surface area contributed by atoms with Crippen LogP contribution in [0.25, 0.3) is 5.69 Å². The maximum absolute atomic E-state index is 12.9. The molecule has 3 aliphatic rings. The third kappa shape index (κ3) is 4.89. The summed E-state index contributed by atoms with van der Waals surface area (Å²) in [4.78, 5) is 32.2. The zero-order valence-corrected chi connectivity index (χ0v) is 20.9. The quantitative estimate of drug-likeness (QED) is 0.627. The summed E-state index contributed by atoms with van der Waals surface area (Å²) >= 11 is 1.55. The maximum atomic E-state index is 12.9. The highest BCUT2D eigenvalue weighted by molar-refractivity contribution is 8.00. The summed E-state index contributed by atoms with van der Waals surface area (Å²) in [7, 11) is 0. The van der Waals surface area contributed by atoms with Gasteiger partial charge in [-0.3, -0.25) is 9.59 Å². The Hall–Kier alpha value is -2.32. The van der Waals surface area contributed by atoms with Crippen LogP contribution in [-0.2, 0) is 9.59 Å². The van der Waals surface area contributed by atoms with Crippen LogP contribution in [0.15, 0.2) is 35.4 Å². The van der Waals surface area contributed by atoms with Gasteiger partial charge in [0.1, 0.15) is 5.03 Å². The third-order valence-electron chi connectivity index (χ3n) is 7.39. The van der Waals surface area contributed by atoms with Crippen molar-refractivity contribution in [1.29, 1.82) is 0 Å². The van der Waals surface area contributed by atoms with Crippen molar-refractivity contribution >= 4 is 29.3 Å². The van der Waals surface area contributed by atoms with Gasteiger partial charge in [-0.1, -0.05) is 36.4 Å². The van der Waals surface area contributed by atoms with Gasteiger partial charge in [0.25, 0.3) is 0 Å². The molecule has 2 amide bonds. The summed E-state index contributed by atoms with van der Waals surface area (Å²) in [6, 6.07) is 10.7. The predicted octanol–water partition coefficient (Wildman–Crippen LogP) is 3.88. The number of carbonyl (C=O) groups excluding carboxylic acids is 2. The molecule has 0 aliphatic carbocycles. The molecule has 2 fully saturated rings. The van der Waals surface area contributed by atoms with Crippen LogP contribution in [0.2, 0.25) is 0 Å². The number of anilines is 1. The normalized spacial score (nSPS) is 20.0. The van der Waals surface area contributed by atoms with Crippen LogP contribution in [0, 0.1) is 6.92 Å². The number of aryl methyl sites for hydroxylation is 1. The zero-order chi connectivity index (χ0) is 23.5. The minimum Gasteiger partial charge on any atom is -0.343 e. The highest BCUT2D eigenvalue weighted by Gasteiger charge is 2.32. The first-order valence-electron chi connectivity index (χ1n) is 12.7. The van der Waals surface area contributed by atoms with Gasteiger partial charge in [0.15, 0.2) is 0 Å². The van der Waals surface area contributed by atoms with Crippen LogP contribution >= 0.6 is 11.8 Å². The lowest BCUT2D eigenvalue weighted by molar-refractivity contribution is -0.133. The topological polar surface area (TPSA) is 61.7 Å². The number of piperidine rings is 2. The molecular formula is C26H35N5O2S. The predicted molar refractivity (Wildman–Crippen MR) is 136 cm³/mol. The van der Waals surface area contributed by atoms with Gasteiger partial charge in [0, 0.05) is 32.1 Å². The van der Waals surface area contributed by atoms with Gasteiger partial charge >= 0.3 is 0 Å². The zero-order valence-electron chi connectivity index (χ0n) is 20.1. The minimum atomic E-state index is 0.100. The standard InChI is InChI=1S/C26H35N5O2S/c1-20-25-26(31(27-20)22-9-4-2-5-10-22)34-19-24(33)30(25)16-8-11-23(32)29-17-12-21(13-18-29)28-14-6-3-7-15-28/h2,4-5,9-10,21H,3,6-8,11-19H2,1H3. The van der Waals surface area contributed by atoms with Crippen molar-refractivity contribution < 1.29 is 9.59 Å². The van der Waals surface area contributed by atoms with Gasteiger partial charge in [-0.15, -0.1) is 0 Å². The highest BCUT2D eigenvalue weighted by atomic mass is 32.2. The molecule has 5 rings (SSSR count). The number of thioether (sulfide) groups is 1. The molecule has 4 heterocycles. The second-order valence-electron chi connectivity index (χ2n) is 9.63. The molecule has 0 saturated carbocycles. The molecule has 0 spiro atoms. The van der Waals surface area contributed by atoms with E-state index in [1.54, 1.807) is 11.8 Å². The molecule has 1 aromatic heterocycles. The summed E-state index contributed by atoms with van der Waals surface area (Å²) in [5, 5.41) is 5.74. The Morgan fingerprint density at radius 1 is 1.06 bits per heavy atom. The van der Waals surface area contributed by atoms with Crippen LogP contribution < -0.4 is 4.90 Å². The summed E-state index contributed by atoms with van der Waals surface area (Å²) in [5.74, 6) is 0.735. The molecule has 0 radical (unpaired) electrons. The van der Waals surface area contributed by atoms with Crippen molar-refractivity contribution in [3.05, 3.63) is 36.0 Å². The van der Waals surface area contributed by atoms with E-state index in [0.717, 1.165) is 48.0 Å². The van der Waals surface area contributed by atoms with Gasteiger partial charge in [0.2, 0.25) is 11.8 Å². The fourth-order valence-corrected chi connectivity index (χ4v) is 6.64. The first-order chi connectivity index (χ1) is 16.6. The van der Waals surface area contributed by atoms with E-state index in [0.29, 0.717) is 31.2 Å². The molecule has 8 heteroatoms. The molecule has 3 aliphatic heterocycles. The van der Waals surface area contributed by atoms with E-state index < -0.39 is 0 Å². The molecule has 7 nitrogen and oxygen atoms in total. The van der Waals surface area contributed by atoms with Gasteiger partial charge in [-0.05, 0) is 64.3 Å². The van der Waals surface area contributed by atoms with Gasteiger partial charge in [-0.2, -0.15) is 5.10 Å². The molecule has 2 saturated heterocycles. The summed E-state index contributed by atoms with van der Waals surface area (Å²) in [6.07, 6.45) is 7.35. The van der Waals surface area contributed by atoms with Crippen LogP contribution in [0.5, 0.6) is 0 Å². The van der Waals surface area contributed by atoms with Crippen LogP contribution in [0.4, 0.5) is 5.69 Å². The Kier molecular flexibility index (Phi) is 7.25. The van der Waals surface area contributed by atoms with Crippen molar-refractivity contribution in [2.24, 2.45) is 0 Å². The lowest BCUT2D eigenvalue weighted by Crippen LogP contribution is -2.48. The Balaban J connectivity index is 1.17. The third-order valence-corrected chi connectivity index (χ3v) is 8.42. The number of para-hydroxylation sites is 1. The average Bonchev–Trinajstić information content (AvgIpc) is 3.23. The van der Waals surface area contributed by atoms with Crippen LogP contribution in [-0.4, -0.2) is 75.9 Å². The van der Waals surface area contributed by atoms with Crippen molar-refractivity contribution in [1.82, 2.24) is 19.6 Å². The maximum Gasteiger partial charge on any atom is 0.237 e. The SMILES string of the molecule is Cc1nn(-c2ccccc2)c2c1N(CCCC(=O)N1CCC(N3CCCCC3)CC1)C(=O)CS2. The Morgan fingerprint density at radius 2 is 1.79 bits per heavy atom. The number of fused-ring (bicyclic) bond motifs is 1. The van der Waals surface area contributed by atoms with E-state index in [2.05, 4.69) is 4.90 Å². The Bertz CT molecular complexity index is 1010. The summed E-state index contributed by atoms with van der Waals surface area (Å²) < 4.78 is 1.94. The number of aromatic nitrogens is 2. The first kappa shape index (κ1) is 23.4. The molecule has 34 heavy (non-hydrogen) atoms. The van der Waals surface area contributed by atoms with Crippen molar-refractivity contribution in [2.45, 2.75) is 62.9 Å². The molecular weight excluding hydrogens is 446 g/mol. The smallest absolute Gasteiger partial charge is 0.237 e. The largest absolute Gasteiger partial charge is 0.343 e. The fraction of sp³-hybridized carbons (Fsp3) is 0.577. The van der Waals surface area contributed by atoms with Gasteiger partial charge in [-0.25, -0.2) is 4.68 Å². The molecule has 0 bridgehead atoms. The number of rotatable bonds is 6. The number of benzene rings is 1. The molecule has 0 unspecified atom stereocenters. The van der Waals surface area contributed by atoms with E-state index in [-0.39, 0.29) is 11.8 Å². The fourth-order valence-electron chi connectivity index (χ4n) is 5.56. The van der Waals surface area contributed by atoms with E-state index in [1.807, 2.05) is 51.7 Å². The van der Waals surface area contributed by atoms with E-state index in [1.165, 1.54) is 32.4 Å². The number of amides is 2. The molecule has 0 N–H and O–H groups in total. The van der Waals surface area contributed by atoms with E-state index >= 15 is 0 Å². The second-order valence-corrected chi connectivity index (χ2v) is 10.6. The van der Waals surface area contributed by atoms with Crippen molar-refractivity contribution in [3.63, 3.8) is 0 Å². The summed E-state index contributed by atoms with van der Waals surface area (Å²) in [5.41, 5.74) is 2.75. The van der Waals surface area contributed by atoms with Crippen LogP contribution in [0.1, 0.15) is 50.6 Å². The number of carbonyl (C=O) groups is 2. The first-order valence-corrected chi connectivity index (χ1v) is 13.7. The molecule has 1 aromatic carbocycles. The van der Waals surface area contributed by atoms with Crippen LogP contribution in [0.3, 0.4) is 0 Å². The molecule has 0 atom stereocenters. The minimum absolute atomic E-state index is 0.100. The van der Waals surface area contributed by atoms with E-state index in [4.69, 9.17) is 5.10 Å². The summed E-state index contributed by atoms with van der Waals surface area (Å²) in [6.45, 7) is 6.70. The number of hydrogen-bond donors (Lipinski definition) is 0. The molecule has 2 aromatic rings. The van der Waals surface area contributed by atoms with Gasteiger partial charge in [0.05, 0.1) is 22.8 Å². The highest BCUT2D eigenvalue weighted by Crippen LogP contribution is 2.39. The van der Waals surface area contributed by atoms with Crippen molar-refractivity contribution in [2.75, 3.05) is 43.4 Å². The number of likely N-dealkylation sites (tertiary alicyclic amines) is 2. The number of nitrogens with zero attached hydrogens (tertiary/aromatic N) is 5. The number of hydrogen-bond acceptors (Lipinski definition) is 5. The van der Waals surface area contributed by atoms with E-state index in [9.17, 15) is 9.59 Å². The lowest BCUT2D eigenvalue weighted by Gasteiger charge is -2.40. The lowest BCUT2D eigenvalue weighted by atomic mass is 9.99. The Labute approximate surface area is 206 Å². The average molecular weight is 482 g/mol. The second kappa shape index (κ2) is 10.5. The molecule has 182 valence electrons. The van der Waals surface area contributed by atoms with Crippen molar-refractivity contribution in [3.8, 4) is 5.69 Å². The van der Waals surface area contributed by atoms with Gasteiger partial charge < -0.3 is 14.7 Å². The Morgan fingerprint density at radius 3 is 2.53 bits per heavy atom.